The van der Waals surface area contributed by atoms with Gasteiger partial charge in [-0.3, -0.25) is 0 Å². The lowest BCUT2D eigenvalue weighted by Crippen LogP contribution is -2.42. The second kappa shape index (κ2) is 6.27. The van der Waals surface area contributed by atoms with Crippen LogP contribution in [0.1, 0.15) is 17.9 Å². The minimum absolute atomic E-state index is 0.0144. The van der Waals surface area contributed by atoms with Crippen LogP contribution < -0.4 is 4.74 Å². The first-order valence-corrected chi connectivity index (χ1v) is 7.39. The van der Waals surface area contributed by atoms with E-state index < -0.39 is 0 Å². The van der Waals surface area contributed by atoms with Gasteiger partial charge >= 0.3 is 0 Å². The normalized spacial score (nSPS) is 23.0. The zero-order chi connectivity index (χ0) is 14.7. The molecule has 1 aliphatic rings. The van der Waals surface area contributed by atoms with Crippen molar-refractivity contribution in [3.63, 3.8) is 0 Å². The monoisotopic (exact) mass is 285 g/mol. The summed E-state index contributed by atoms with van der Waals surface area (Å²) >= 11 is 0. The summed E-state index contributed by atoms with van der Waals surface area (Å²) in [5.74, 6) is 0.334. The van der Waals surface area contributed by atoms with Crippen molar-refractivity contribution in [2.45, 2.75) is 18.4 Å². The highest BCUT2D eigenvalue weighted by Gasteiger charge is 2.31. The third-order valence-electron chi connectivity index (χ3n) is 4.10. The van der Waals surface area contributed by atoms with Gasteiger partial charge in [-0.05, 0) is 31.2 Å². The number of ether oxygens (including phenoxy) is 1. The molecule has 1 fully saturated rings. The Labute approximate surface area is 125 Å². The van der Waals surface area contributed by atoms with Crippen LogP contribution in [0.15, 0.2) is 54.6 Å². The molecule has 1 saturated heterocycles. The molecule has 1 heterocycles. The molecule has 3 heteroatoms. The molecule has 0 radical (unpaired) electrons. The maximum atomic E-state index is 13.8. The van der Waals surface area contributed by atoms with Crippen LogP contribution in [0.2, 0.25) is 0 Å². The quantitative estimate of drug-likeness (QED) is 0.852. The van der Waals surface area contributed by atoms with Gasteiger partial charge < -0.3 is 9.64 Å². The average Bonchev–Trinajstić information content (AvgIpc) is 2.52. The number of piperidine rings is 1. The van der Waals surface area contributed by atoms with Crippen molar-refractivity contribution in [1.29, 1.82) is 0 Å². The Morgan fingerprint density at radius 1 is 1.05 bits per heavy atom. The predicted molar refractivity (Wildman–Crippen MR) is 82.1 cm³/mol. The first-order valence-electron chi connectivity index (χ1n) is 7.39. The van der Waals surface area contributed by atoms with Crippen LogP contribution in [-0.4, -0.2) is 31.1 Å². The van der Waals surface area contributed by atoms with Gasteiger partial charge in [-0.25, -0.2) is 4.39 Å². The maximum Gasteiger partial charge on any atom is 0.165 e. The van der Waals surface area contributed by atoms with Crippen LogP contribution >= 0.6 is 0 Å². The van der Waals surface area contributed by atoms with E-state index in [1.54, 1.807) is 12.1 Å². The molecule has 2 atom stereocenters. The van der Waals surface area contributed by atoms with Crippen LogP contribution in [-0.2, 0) is 0 Å². The van der Waals surface area contributed by atoms with Gasteiger partial charge in [0, 0.05) is 19.0 Å². The topological polar surface area (TPSA) is 12.5 Å². The van der Waals surface area contributed by atoms with Crippen LogP contribution in [0.25, 0.3) is 0 Å². The molecule has 2 aromatic carbocycles. The molecule has 0 aliphatic carbocycles. The Balaban J connectivity index is 1.83. The number of likely N-dealkylation sites (tertiary alicyclic amines) is 1. The Hall–Kier alpha value is -1.87. The molecule has 0 saturated carbocycles. The van der Waals surface area contributed by atoms with E-state index in [0.29, 0.717) is 5.75 Å². The standard InChI is InChI=1S/C18H20FNO/c1-20-12-11-17(21-18-10-6-5-9-16(18)19)15(13-20)14-7-3-2-4-8-14/h2-10,15,17H,11-13H2,1H3/t15-,17+/m1/s1. The maximum absolute atomic E-state index is 13.8. The zero-order valence-electron chi connectivity index (χ0n) is 12.2. The third kappa shape index (κ3) is 3.24. The second-order valence-electron chi connectivity index (χ2n) is 5.65. The highest BCUT2D eigenvalue weighted by atomic mass is 19.1. The molecule has 1 aliphatic heterocycles. The fourth-order valence-electron chi connectivity index (χ4n) is 2.96. The lowest BCUT2D eigenvalue weighted by molar-refractivity contribution is 0.0867. The van der Waals surface area contributed by atoms with Crippen molar-refractivity contribution in [1.82, 2.24) is 4.90 Å². The van der Waals surface area contributed by atoms with Crippen molar-refractivity contribution < 1.29 is 9.13 Å². The van der Waals surface area contributed by atoms with Crippen molar-refractivity contribution in [2.24, 2.45) is 0 Å². The van der Waals surface area contributed by atoms with E-state index in [1.807, 2.05) is 24.3 Å². The summed E-state index contributed by atoms with van der Waals surface area (Å²) in [4.78, 5) is 2.30. The van der Waals surface area contributed by atoms with Gasteiger partial charge in [0.05, 0.1) is 0 Å². The Morgan fingerprint density at radius 3 is 2.52 bits per heavy atom. The number of para-hydroxylation sites is 1. The van der Waals surface area contributed by atoms with Crippen LogP contribution in [0.3, 0.4) is 0 Å². The van der Waals surface area contributed by atoms with E-state index in [9.17, 15) is 4.39 Å². The average molecular weight is 285 g/mol. The molecule has 0 spiro atoms. The second-order valence-corrected chi connectivity index (χ2v) is 5.65. The number of halogens is 1. The Bertz CT molecular complexity index is 587. The summed E-state index contributed by atoms with van der Waals surface area (Å²) in [6, 6.07) is 17.0. The molecular weight excluding hydrogens is 265 g/mol. The number of nitrogens with zero attached hydrogens (tertiary/aromatic N) is 1. The van der Waals surface area contributed by atoms with Gasteiger partial charge in [0.25, 0.3) is 0 Å². The SMILES string of the molecule is CN1CC[C@H](Oc2ccccc2F)[C@@H](c2ccccc2)C1. The molecule has 0 bridgehead atoms. The highest BCUT2D eigenvalue weighted by molar-refractivity contribution is 5.26. The molecule has 2 aromatic rings. The van der Waals surface area contributed by atoms with Gasteiger partial charge in [0.2, 0.25) is 0 Å². The van der Waals surface area contributed by atoms with E-state index in [0.717, 1.165) is 19.5 Å². The van der Waals surface area contributed by atoms with Gasteiger partial charge in [0.15, 0.2) is 11.6 Å². The molecule has 0 N–H and O–H groups in total. The van der Waals surface area contributed by atoms with Crippen LogP contribution in [0.5, 0.6) is 5.75 Å². The number of benzene rings is 2. The molecule has 0 aromatic heterocycles. The Morgan fingerprint density at radius 2 is 1.76 bits per heavy atom. The molecule has 0 unspecified atom stereocenters. The third-order valence-corrected chi connectivity index (χ3v) is 4.10. The first-order chi connectivity index (χ1) is 10.2. The van der Waals surface area contributed by atoms with E-state index in [2.05, 4.69) is 24.1 Å². The molecule has 21 heavy (non-hydrogen) atoms. The first kappa shape index (κ1) is 14.1. The van der Waals surface area contributed by atoms with Gasteiger partial charge in [-0.2, -0.15) is 0 Å². The van der Waals surface area contributed by atoms with Crippen LogP contribution in [0, 0.1) is 5.82 Å². The molecule has 2 nitrogen and oxygen atoms in total. The fraction of sp³-hybridized carbons (Fsp3) is 0.333. The van der Waals surface area contributed by atoms with E-state index >= 15 is 0 Å². The van der Waals surface area contributed by atoms with E-state index in [-0.39, 0.29) is 17.8 Å². The highest BCUT2D eigenvalue weighted by Crippen LogP contribution is 2.31. The van der Waals surface area contributed by atoms with E-state index in [1.165, 1.54) is 11.6 Å². The van der Waals surface area contributed by atoms with Crippen molar-refractivity contribution >= 4 is 0 Å². The summed E-state index contributed by atoms with van der Waals surface area (Å²) in [7, 11) is 2.12. The molecule has 0 amide bonds. The number of hydrogen-bond donors (Lipinski definition) is 0. The minimum atomic E-state index is -0.289. The van der Waals surface area contributed by atoms with Crippen molar-refractivity contribution in [3.8, 4) is 5.75 Å². The van der Waals surface area contributed by atoms with E-state index in [4.69, 9.17) is 4.74 Å². The lowest BCUT2D eigenvalue weighted by atomic mass is 9.88. The molecule has 110 valence electrons. The van der Waals surface area contributed by atoms with Crippen molar-refractivity contribution in [2.75, 3.05) is 20.1 Å². The van der Waals surface area contributed by atoms with Gasteiger partial charge in [0.1, 0.15) is 6.10 Å². The summed E-state index contributed by atoms with van der Waals surface area (Å²) < 4.78 is 19.8. The fourth-order valence-corrected chi connectivity index (χ4v) is 2.96. The summed E-state index contributed by atoms with van der Waals surface area (Å²) in [5, 5.41) is 0. The largest absolute Gasteiger partial charge is 0.487 e. The summed E-state index contributed by atoms with van der Waals surface area (Å²) in [5.41, 5.74) is 1.25. The van der Waals surface area contributed by atoms with Crippen molar-refractivity contribution in [3.05, 3.63) is 66.0 Å². The number of hydrogen-bond acceptors (Lipinski definition) is 2. The minimum Gasteiger partial charge on any atom is -0.487 e. The Kier molecular flexibility index (Phi) is 4.20. The predicted octanol–water partition coefficient (Wildman–Crippen LogP) is 3.69. The zero-order valence-corrected chi connectivity index (χ0v) is 12.2. The molecule has 3 rings (SSSR count). The summed E-state index contributed by atoms with van der Waals surface area (Å²) in [6.07, 6.45) is 0.921. The van der Waals surface area contributed by atoms with Gasteiger partial charge in [-0.1, -0.05) is 42.5 Å². The van der Waals surface area contributed by atoms with Crippen LogP contribution in [0.4, 0.5) is 4.39 Å². The smallest absolute Gasteiger partial charge is 0.165 e. The lowest BCUT2D eigenvalue weighted by Gasteiger charge is -2.37. The number of likely N-dealkylation sites (N-methyl/N-ethyl adjacent to an activating group) is 1. The number of rotatable bonds is 3. The molecular formula is C18H20FNO. The summed E-state index contributed by atoms with van der Waals surface area (Å²) in [6.45, 7) is 1.91. The van der Waals surface area contributed by atoms with Gasteiger partial charge in [-0.15, -0.1) is 0 Å².